The van der Waals surface area contributed by atoms with Gasteiger partial charge in [-0.25, -0.2) is 0 Å². The Morgan fingerprint density at radius 3 is 1.50 bits per heavy atom. The van der Waals surface area contributed by atoms with Crippen LogP contribution in [0, 0.1) is 0 Å². The summed E-state index contributed by atoms with van der Waals surface area (Å²) in [5.41, 5.74) is 0.449. The van der Waals surface area contributed by atoms with Gasteiger partial charge >= 0.3 is 11.9 Å². The normalized spacial score (nSPS) is 11.0. The van der Waals surface area contributed by atoms with E-state index in [1.54, 1.807) is 0 Å². The number of aromatic hydroxyl groups is 2. The second kappa shape index (κ2) is 11.7. The van der Waals surface area contributed by atoms with E-state index < -0.39 is 11.9 Å². The second-order valence-electron chi connectivity index (χ2n) is 6.83. The van der Waals surface area contributed by atoms with Crippen molar-refractivity contribution < 1.29 is 39.5 Å². The van der Waals surface area contributed by atoms with Gasteiger partial charge < -0.3 is 29.9 Å². The number of aliphatic carboxylic acids is 2. The van der Waals surface area contributed by atoms with Crippen LogP contribution in [0.25, 0.3) is 0 Å². The number of carbonyl (C=O) groups is 2. The highest BCUT2D eigenvalue weighted by atomic mass is 16.5. The molecule has 0 fully saturated rings. The zero-order valence-electron chi connectivity index (χ0n) is 17.8. The van der Waals surface area contributed by atoms with E-state index in [4.69, 9.17) is 9.47 Å². The van der Waals surface area contributed by atoms with Crippen molar-refractivity contribution in [3.8, 4) is 23.0 Å². The third kappa shape index (κ3) is 6.96. The quantitative estimate of drug-likeness (QED) is 0.332. The van der Waals surface area contributed by atoms with Crippen LogP contribution < -0.4 is 9.47 Å². The molecule has 0 amide bonds. The van der Waals surface area contributed by atoms with Gasteiger partial charge in [-0.3, -0.25) is 29.4 Å². The van der Waals surface area contributed by atoms with Crippen molar-refractivity contribution in [2.75, 3.05) is 40.4 Å². The predicted molar refractivity (Wildman–Crippen MR) is 111 cm³/mol. The number of carboxylic acids is 2. The molecule has 4 N–H and O–H groups in total. The Labute approximate surface area is 184 Å². The number of rotatable bonds is 13. The van der Waals surface area contributed by atoms with Crippen LogP contribution in [0.5, 0.6) is 23.0 Å². The van der Waals surface area contributed by atoms with Crippen LogP contribution in [-0.4, -0.2) is 92.5 Å². The SMILES string of the molecule is COc1ccnc(CN(CCN(CC(=O)O)Cc2nccc(OC)c2O)CC(=O)O)c1O. The fourth-order valence-electron chi connectivity index (χ4n) is 3.03. The number of carboxylic acid groups (broad SMARTS) is 2. The largest absolute Gasteiger partial charge is 0.503 e. The number of ether oxygens (including phenoxy) is 2. The molecule has 2 aromatic rings. The molecular formula is C20H26N4O8. The van der Waals surface area contributed by atoms with Gasteiger partial charge in [0.2, 0.25) is 0 Å². The number of hydrogen-bond donors (Lipinski definition) is 4. The van der Waals surface area contributed by atoms with E-state index in [-0.39, 0.29) is 73.7 Å². The van der Waals surface area contributed by atoms with E-state index >= 15 is 0 Å². The number of methoxy groups -OCH3 is 2. The van der Waals surface area contributed by atoms with E-state index in [0.717, 1.165) is 0 Å². The maximum Gasteiger partial charge on any atom is 0.317 e. The van der Waals surface area contributed by atoms with E-state index in [1.165, 1.54) is 48.5 Å². The van der Waals surface area contributed by atoms with Gasteiger partial charge in [0.05, 0.1) is 38.7 Å². The Balaban J connectivity index is 2.16. The maximum atomic E-state index is 11.3. The van der Waals surface area contributed by atoms with Gasteiger partial charge in [-0.05, 0) is 0 Å². The average Bonchev–Trinajstić information content (AvgIpc) is 2.74. The van der Waals surface area contributed by atoms with Crippen LogP contribution >= 0.6 is 0 Å². The van der Waals surface area contributed by atoms with Gasteiger partial charge in [-0.1, -0.05) is 0 Å². The van der Waals surface area contributed by atoms with E-state index in [2.05, 4.69) is 9.97 Å². The molecule has 2 rings (SSSR count). The summed E-state index contributed by atoms with van der Waals surface area (Å²) >= 11 is 0. The number of nitrogens with zero attached hydrogens (tertiary/aromatic N) is 4. The second-order valence-corrected chi connectivity index (χ2v) is 6.83. The molecule has 0 bridgehead atoms. The van der Waals surface area contributed by atoms with Crippen LogP contribution in [0.4, 0.5) is 0 Å². The lowest BCUT2D eigenvalue weighted by atomic mass is 10.2. The first-order chi connectivity index (χ1) is 15.2. The molecule has 0 aliphatic rings. The lowest BCUT2D eigenvalue weighted by Crippen LogP contribution is -2.39. The first-order valence-corrected chi connectivity index (χ1v) is 9.55. The molecule has 0 saturated heterocycles. The lowest BCUT2D eigenvalue weighted by molar-refractivity contribution is -0.140. The summed E-state index contributed by atoms with van der Waals surface area (Å²) in [6.07, 6.45) is 2.86. The van der Waals surface area contributed by atoms with Crippen molar-refractivity contribution in [3.63, 3.8) is 0 Å². The molecular weight excluding hydrogens is 424 g/mol. The molecule has 0 aliphatic heterocycles. The molecule has 0 unspecified atom stereocenters. The zero-order chi connectivity index (χ0) is 23.7. The highest BCUT2D eigenvalue weighted by molar-refractivity contribution is 5.69. The number of hydrogen-bond acceptors (Lipinski definition) is 10. The molecule has 12 heteroatoms. The van der Waals surface area contributed by atoms with E-state index in [0.29, 0.717) is 0 Å². The minimum absolute atomic E-state index is 0.00109. The molecule has 174 valence electrons. The number of aromatic nitrogens is 2. The molecule has 0 atom stereocenters. The van der Waals surface area contributed by atoms with Crippen LogP contribution in [0.15, 0.2) is 24.5 Å². The monoisotopic (exact) mass is 450 g/mol. The number of pyridine rings is 2. The van der Waals surface area contributed by atoms with E-state index in [9.17, 15) is 30.0 Å². The highest BCUT2D eigenvalue weighted by Crippen LogP contribution is 2.29. The molecule has 0 aromatic carbocycles. The third-order valence-electron chi connectivity index (χ3n) is 4.56. The lowest BCUT2D eigenvalue weighted by Gasteiger charge is -2.26. The van der Waals surface area contributed by atoms with Gasteiger partial charge in [-0.15, -0.1) is 0 Å². The molecule has 0 spiro atoms. The van der Waals surface area contributed by atoms with Crippen LogP contribution in [0.3, 0.4) is 0 Å². The summed E-state index contributed by atoms with van der Waals surface area (Å²) in [7, 11) is 2.78. The summed E-state index contributed by atoms with van der Waals surface area (Å²) in [6.45, 7) is -0.438. The Bertz CT molecular complexity index is 864. The fraction of sp³-hybridized carbons (Fsp3) is 0.400. The predicted octanol–water partition coefficient (Wildman–Crippen LogP) is 0.378. The maximum absolute atomic E-state index is 11.3. The van der Waals surface area contributed by atoms with Crippen molar-refractivity contribution in [2.24, 2.45) is 0 Å². The summed E-state index contributed by atoms with van der Waals surface area (Å²) in [5, 5.41) is 39.0. The first kappa shape index (κ1) is 24.6. The Morgan fingerprint density at radius 1 is 0.812 bits per heavy atom. The summed E-state index contributed by atoms with van der Waals surface area (Å²) in [6, 6.07) is 2.95. The smallest absolute Gasteiger partial charge is 0.317 e. The highest BCUT2D eigenvalue weighted by Gasteiger charge is 2.20. The summed E-state index contributed by atoms with van der Waals surface area (Å²) < 4.78 is 10.1. The molecule has 12 nitrogen and oxygen atoms in total. The summed E-state index contributed by atoms with van der Waals surface area (Å²) in [5.74, 6) is -2.17. The van der Waals surface area contributed by atoms with Crippen molar-refractivity contribution in [1.82, 2.24) is 19.8 Å². The van der Waals surface area contributed by atoms with Gasteiger partial charge in [0, 0.05) is 50.7 Å². The minimum Gasteiger partial charge on any atom is -0.503 e. The van der Waals surface area contributed by atoms with Crippen molar-refractivity contribution >= 4 is 11.9 Å². The average molecular weight is 450 g/mol. The Morgan fingerprint density at radius 2 is 1.19 bits per heavy atom. The van der Waals surface area contributed by atoms with Crippen LogP contribution in [0.1, 0.15) is 11.4 Å². The molecule has 0 radical (unpaired) electrons. The van der Waals surface area contributed by atoms with Gasteiger partial charge in [0.15, 0.2) is 23.0 Å². The Kier molecular flexibility index (Phi) is 8.98. The molecule has 0 saturated carbocycles. The molecule has 2 heterocycles. The van der Waals surface area contributed by atoms with Gasteiger partial charge in [-0.2, -0.15) is 0 Å². The fourth-order valence-corrected chi connectivity index (χ4v) is 3.03. The van der Waals surface area contributed by atoms with Crippen LogP contribution in [0.2, 0.25) is 0 Å². The molecule has 2 aromatic heterocycles. The topological polar surface area (TPSA) is 166 Å². The third-order valence-corrected chi connectivity index (χ3v) is 4.56. The molecule has 0 aliphatic carbocycles. The van der Waals surface area contributed by atoms with Crippen molar-refractivity contribution in [3.05, 3.63) is 35.9 Å². The molecule has 32 heavy (non-hydrogen) atoms. The zero-order valence-corrected chi connectivity index (χ0v) is 17.8. The summed E-state index contributed by atoms with van der Waals surface area (Å²) in [4.78, 5) is 33.8. The van der Waals surface area contributed by atoms with Crippen molar-refractivity contribution in [1.29, 1.82) is 0 Å². The van der Waals surface area contributed by atoms with Crippen molar-refractivity contribution in [2.45, 2.75) is 13.1 Å². The van der Waals surface area contributed by atoms with Crippen LogP contribution in [-0.2, 0) is 22.7 Å². The standard InChI is InChI=1S/C20H26N4O8/c1-31-15-3-5-21-13(19(15)29)9-23(11-17(25)26)7-8-24(12-18(27)28)10-14-20(30)16(32-2)4-6-22-14/h3-6,29-30H,7-12H2,1-2H3,(H,25,26)(H,27,28). The van der Waals surface area contributed by atoms with E-state index in [1.807, 2.05) is 0 Å². The Hall–Kier alpha value is -3.64. The first-order valence-electron chi connectivity index (χ1n) is 9.55. The van der Waals surface area contributed by atoms with Gasteiger partial charge in [0.1, 0.15) is 0 Å². The van der Waals surface area contributed by atoms with Gasteiger partial charge in [0.25, 0.3) is 0 Å². The minimum atomic E-state index is -1.09.